The fraction of sp³-hybridized carbons (Fsp3) is 0.613. The summed E-state index contributed by atoms with van der Waals surface area (Å²) in [4.78, 5) is 0. The molecule has 0 aliphatic heterocycles. The third kappa shape index (κ3) is 6.14. The highest BCUT2D eigenvalue weighted by atomic mass is 16.3. The highest BCUT2D eigenvalue weighted by Gasteiger charge is 2.51. The first kappa shape index (κ1) is 25.7. The molecule has 3 rings (SSSR count). The molecule has 2 nitrogen and oxygen atoms in total. The van der Waals surface area contributed by atoms with Crippen molar-refractivity contribution < 1.29 is 10.2 Å². The minimum absolute atomic E-state index is 0.203. The van der Waals surface area contributed by atoms with Crippen LogP contribution >= 0.6 is 0 Å². The summed E-state index contributed by atoms with van der Waals surface area (Å²) in [6.07, 6.45) is 17.9. The molecule has 1 aromatic carbocycles. The summed E-state index contributed by atoms with van der Waals surface area (Å²) >= 11 is 0. The molecule has 0 heterocycles. The van der Waals surface area contributed by atoms with Gasteiger partial charge in [0.25, 0.3) is 0 Å². The largest absolute Gasteiger partial charge is 0.508 e. The standard InChI is InChI=1S/C31H46O2/c1-22(11-14-25-21-26(32)15-17-28(25)33)9-7-10-23(2)12-16-27-24(3)13-18-29-30(4,5)19-8-20-31(27,29)6/h11-13,15,17,21,27,29,32-33H,7-10,14,16,18-20H2,1-6H3/t27-,29-,31+/m0/s1. The Labute approximate surface area is 202 Å². The summed E-state index contributed by atoms with van der Waals surface area (Å²) in [5.74, 6) is 1.94. The van der Waals surface area contributed by atoms with Crippen molar-refractivity contribution in [3.63, 3.8) is 0 Å². The Kier molecular flexibility index (Phi) is 8.19. The predicted molar refractivity (Wildman–Crippen MR) is 141 cm³/mol. The Morgan fingerprint density at radius 2 is 1.73 bits per heavy atom. The van der Waals surface area contributed by atoms with Crippen molar-refractivity contribution in [2.75, 3.05) is 0 Å². The molecule has 2 N–H and O–H groups in total. The minimum Gasteiger partial charge on any atom is -0.508 e. The summed E-state index contributed by atoms with van der Waals surface area (Å²) in [6, 6.07) is 4.72. The zero-order chi connectivity index (χ0) is 24.2. The zero-order valence-corrected chi connectivity index (χ0v) is 21.9. The van der Waals surface area contributed by atoms with Gasteiger partial charge in [-0.1, -0.05) is 62.1 Å². The number of phenols is 2. The molecule has 2 heteroatoms. The van der Waals surface area contributed by atoms with Gasteiger partial charge in [-0.15, -0.1) is 0 Å². The Morgan fingerprint density at radius 1 is 1.03 bits per heavy atom. The lowest BCUT2D eigenvalue weighted by Gasteiger charge is -2.56. The number of hydrogen-bond donors (Lipinski definition) is 2. The normalized spacial score (nSPS) is 27.8. The fourth-order valence-electron chi connectivity index (χ4n) is 6.78. The molecule has 2 aliphatic rings. The second-order valence-corrected chi connectivity index (χ2v) is 11.8. The fourth-order valence-corrected chi connectivity index (χ4v) is 6.78. The quantitative estimate of drug-likeness (QED) is 0.306. The maximum absolute atomic E-state index is 9.95. The first-order chi connectivity index (χ1) is 15.5. The summed E-state index contributed by atoms with van der Waals surface area (Å²) in [7, 11) is 0. The molecule has 0 unspecified atom stereocenters. The molecule has 0 aromatic heterocycles. The molecule has 0 amide bonds. The van der Waals surface area contributed by atoms with Crippen molar-refractivity contribution in [3.8, 4) is 11.5 Å². The average molecular weight is 451 g/mol. The zero-order valence-electron chi connectivity index (χ0n) is 21.9. The van der Waals surface area contributed by atoms with Crippen LogP contribution in [0.4, 0.5) is 0 Å². The van der Waals surface area contributed by atoms with Crippen LogP contribution in [0, 0.1) is 22.7 Å². The van der Waals surface area contributed by atoms with Crippen molar-refractivity contribution in [1.29, 1.82) is 0 Å². The smallest absolute Gasteiger partial charge is 0.119 e. The maximum atomic E-state index is 9.95. The van der Waals surface area contributed by atoms with Crippen molar-refractivity contribution >= 4 is 0 Å². The third-order valence-corrected chi connectivity index (χ3v) is 8.87. The van der Waals surface area contributed by atoms with E-state index >= 15 is 0 Å². The number of allylic oxidation sites excluding steroid dienone is 6. The first-order valence-corrected chi connectivity index (χ1v) is 13.0. The van der Waals surface area contributed by atoms with E-state index in [0.29, 0.717) is 23.2 Å². The monoisotopic (exact) mass is 450 g/mol. The van der Waals surface area contributed by atoms with Crippen molar-refractivity contribution in [2.24, 2.45) is 22.7 Å². The van der Waals surface area contributed by atoms with Gasteiger partial charge in [0.05, 0.1) is 0 Å². The third-order valence-electron chi connectivity index (χ3n) is 8.87. The van der Waals surface area contributed by atoms with Gasteiger partial charge in [-0.25, -0.2) is 0 Å². The number of phenolic OH excluding ortho intramolecular Hbond substituents is 2. The van der Waals surface area contributed by atoms with E-state index in [-0.39, 0.29) is 11.5 Å². The van der Waals surface area contributed by atoms with Crippen molar-refractivity contribution in [2.45, 2.75) is 99.3 Å². The molecule has 0 spiro atoms. The molecule has 182 valence electrons. The number of aromatic hydroxyl groups is 2. The van der Waals surface area contributed by atoms with Gasteiger partial charge < -0.3 is 10.2 Å². The lowest BCUT2D eigenvalue weighted by atomic mass is 9.48. The van der Waals surface area contributed by atoms with Crippen molar-refractivity contribution in [3.05, 3.63) is 58.7 Å². The minimum atomic E-state index is 0.203. The van der Waals surface area contributed by atoms with Crippen LogP contribution in [0.3, 0.4) is 0 Å². The number of rotatable bonds is 8. The summed E-state index contributed by atoms with van der Waals surface area (Å²) < 4.78 is 0. The second kappa shape index (κ2) is 10.5. The van der Waals surface area contributed by atoms with Gasteiger partial charge in [0.2, 0.25) is 0 Å². The van der Waals surface area contributed by atoms with E-state index in [1.54, 1.807) is 17.7 Å². The lowest BCUT2D eigenvalue weighted by Crippen LogP contribution is -2.48. The molecule has 0 radical (unpaired) electrons. The van der Waals surface area contributed by atoms with Gasteiger partial charge in [0.15, 0.2) is 0 Å². The van der Waals surface area contributed by atoms with E-state index in [1.165, 1.54) is 49.3 Å². The van der Waals surface area contributed by atoms with Crippen LogP contribution in [-0.2, 0) is 6.42 Å². The summed E-state index contributed by atoms with van der Waals surface area (Å²) in [5, 5.41) is 19.6. The van der Waals surface area contributed by atoms with Crippen LogP contribution in [0.2, 0.25) is 0 Å². The number of fused-ring (bicyclic) bond motifs is 1. The molecule has 1 aromatic rings. The van der Waals surface area contributed by atoms with Crippen LogP contribution in [-0.4, -0.2) is 10.2 Å². The van der Waals surface area contributed by atoms with Gasteiger partial charge in [-0.3, -0.25) is 0 Å². The van der Waals surface area contributed by atoms with E-state index < -0.39 is 0 Å². The Bertz CT molecular complexity index is 917. The van der Waals surface area contributed by atoms with E-state index in [9.17, 15) is 10.2 Å². The van der Waals surface area contributed by atoms with Gasteiger partial charge >= 0.3 is 0 Å². The lowest BCUT2D eigenvalue weighted by molar-refractivity contribution is -0.0361. The van der Waals surface area contributed by atoms with Gasteiger partial charge in [0, 0.05) is 5.56 Å². The highest BCUT2D eigenvalue weighted by Crippen LogP contribution is 2.60. The topological polar surface area (TPSA) is 40.5 Å². The molecule has 0 saturated heterocycles. The Hall–Kier alpha value is -1.96. The molecule has 33 heavy (non-hydrogen) atoms. The summed E-state index contributed by atoms with van der Waals surface area (Å²) in [6.45, 7) is 14.4. The van der Waals surface area contributed by atoms with Crippen LogP contribution in [0.15, 0.2) is 53.1 Å². The molecule has 3 atom stereocenters. The summed E-state index contributed by atoms with van der Waals surface area (Å²) in [5.41, 5.74) is 6.15. The SMILES string of the molecule is CC(=CCc1cc(O)ccc1O)CCCC(C)=CC[C@H]1C(C)=CC[C@H]2C(C)(C)CCC[C@]12C. The van der Waals surface area contributed by atoms with E-state index in [2.05, 4.69) is 59.8 Å². The van der Waals surface area contributed by atoms with Crippen LogP contribution in [0.25, 0.3) is 0 Å². The molecular formula is C31H46O2. The number of hydrogen-bond acceptors (Lipinski definition) is 2. The van der Waals surface area contributed by atoms with Gasteiger partial charge in [0.1, 0.15) is 11.5 Å². The predicted octanol–water partition coefficient (Wildman–Crippen LogP) is 8.89. The molecule has 1 fully saturated rings. The van der Waals surface area contributed by atoms with Crippen molar-refractivity contribution in [1.82, 2.24) is 0 Å². The molecule has 1 saturated carbocycles. The Balaban J connectivity index is 1.53. The van der Waals surface area contributed by atoms with Gasteiger partial charge in [-0.05, 0) is 113 Å². The molecular weight excluding hydrogens is 404 g/mol. The van der Waals surface area contributed by atoms with E-state index in [4.69, 9.17) is 0 Å². The Morgan fingerprint density at radius 3 is 2.45 bits per heavy atom. The first-order valence-electron chi connectivity index (χ1n) is 13.0. The molecule has 0 bridgehead atoms. The van der Waals surface area contributed by atoms with E-state index in [0.717, 1.165) is 30.7 Å². The second-order valence-electron chi connectivity index (χ2n) is 11.8. The van der Waals surface area contributed by atoms with Crippen LogP contribution in [0.5, 0.6) is 11.5 Å². The van der Waals surface area contributed by atoms with Crippen LogP contribution < -0.4 is 0 Å². The number of benzene rings is 1. The van der Waals surface area contributed by atoms with Gasteiger partial charge in [-0.2, -0.15) is 0 Å². The van der Waals surface area contributed by atoms with E-state index in [1.807, 2.05) is 0 Å². The maximum Gasteiger partial charge on any atom is 0.119 e. The average Bonchev–Trinajstić information content (AvgIpc) is 2.73. The molecule has 2 aliphatic carbocycles. The van der Waals surface area contributed by atoms with Crippen LogP contribution in [0.1, 0.15) is 98.5 Å². The highest BCUT2D eigenvalue weighted by molar-refractivity contribution is 5.39.